The molecule has 0 aromatic rings. The second-order valence-corrected chi connectivity index (χ2v) is 29.4. The maximum Gasteiger partial charge on any atom is 0.303 e. The van der Waals surface area contributed by atoms with E-state index >= 15 is 0 Å². The number of azide groups is 7. The fourth-order valence-corrected chi connectivity index (χ4v) is 15.5. The molecule has 21 fully saturated rings. The lowest BCUT2D eigenvalue weighted by atomic mass is 9.94. The first kappa shape index (κ1) is 106. The number of hydrogen-bond acceptors (Lipinski definition) is 49. The molecule has 0 radical (unpaired) electrons. The van der Waals surface area contributed by atoms with E-state index in [1.165, 1.54) is 0 Å². The van der Waals surface area contributed by atoms with E-state index in [0.29, 0.717) is 0 Å². The van der Waals surface area contributed by atoms with Gasteiger partial charge in [-0.05, 0) is 38.7 Å². The monoisotopic (exact) mass is 1900 g/mol. The fraction of sp³-hybridized carbons (Fsp3) is 0.800. The largest absolute Gasteiger partial charge is 0.455 e. The summed E-state index contributed by atoms with van der Waals surface area (Å²) in [6.07, 6.45) is -79.7. The molecule has 35 unspecified atom stereocenters. The molecule has 0 aromatic heterocycles. The van der Waals surface area contributed by atoms with Crippen molar-refractivity contribution in [3.63, 3.8) is 0 Å². The van der Waals surface area contributed by atoms with Gasteiger partial charge in [-0.2, -0.15) is 0 Å². The number of ether oxygens (including phenoxy) is 28. The van der Waals surface area contributed by atoms with Crippen LogP contribution in [0.2, 0.25) is 0 Å². The molecule has 0 N–H and O–H groups in total. The lowest BCUT2D eigenvalue weighted by Gasteiger charge is -2.52. The highest BCUT2D eigenvalue weighted by Crippen LogP contribution is 2.45. The summed E-state index contributed by atoms with van der Waals surface area (Å²) in [4.78, 5) is 213. The Bertz CT molecular complexity index is 3830. The van der Waals surface area contributed by atoms with Crippen LogP contribution in [0.4, 0.5) is 0 Å². The van der Waals surface area contributed by atoms with Gasteiger partial charge in [0.05, 0.1) is 88.5 Å². The lowest BCUT2D eigenvalue weighted by Crippen LogP contribution is -2.70. The molecule has 63 heteroatoms. The highest BCUT2D eigenvalue weighted by molar-refractivity contribution is 5.72. The smallest absolute Gasteiger partial charge is 0.303 e. The Morgan fingerprint density at radius 1 is 0.173 bits per heavy atom. The minimum atomic E-state index is -2.42. The van der Waals surface area contributed by atoms with Crippen LogP contribution in [-0.2, 0) is 200 Å². The summed E-state index contributed by atoms with van der Waals surface area (Å²) in [5, 5.41) is 25.5. The molecular formula is C70H91N21O42. The first-order chi connectivity index (χ1) is 63.2. The standard InChI is InChI=1S/C70H91N21O42/c1-22(92)106-50-43-36(15-78-85-71)120-64(57(50)113-29(8)99)128-44-37(16-79-86-72)122-66(59(115-31(10)101)51(44)107-23(2)93)130-46-39(18-81-88-74)124-68(61(117-33(12)103)53(46)109-25(4)95)132-48-41(20-83-90-76)126-70(63(119-35(14)105)55(48)111-27(6)97)133-49-42(21-84-91-77)125-69(62(118-34(13)104)56(49)112-28(7)98)131-47-40(19-82-89-75)123-67(60(116-32(11)102)54(47)110-26(5)96)129-45-38(17-80-87-73)121-65(127-43)58(114-30(9)100)52(45)108-24(3)94/h36-70H,15-21H2,1-14H3. The molecule has 728 valence electrons. The average molecular weight is 1900 g/mol. The zero-order chi connectivity index (χ0) is 97.9. The second-order valence-electron chi connectivity index (χ2n) is 29.4. The maximum atomic E-state index is 13.8. The summed E-state index contributed by atoms with van der Waals surface area (Å²) < 4.78 is 174. The average Bonchev–Trinajstić information content (AvgIpc) is 0.857. The van der Waals surface area contributed by atoms with E-state index in [1.54, 1.807) is 0 Å². The van der Waals surface area contributed by atoms with Gasteiger partial charge in [0.1, 0.15) is 42.7 Å². The molecule has 0 aromatic carbocycles. The van der Waals surface area contributed by atoms with Gasteiger partial charge in [0.15, 0.2) is 129 Å². The first-order valence-electron chi connectivity index (χ1n) is 39.8. The fourth-order valence-electron chi connectivity index (χ4n) is 15.5. The van der Waals surface area contributed by atoms with Crippen molar-refractivity contribution >= 4 is 83.6 Å². The van der Waals surface area contributed by atoms with E-state index in [4.69, 9.17) is 133 Å². The summed E-state index contributed by atoms with van der Waals surface area (Å²) in [7, 11) is 0. The zero-order valence-electron chi connectivity index (χ0n) is 72.7. The first-order valence-corrected chi connectivity index (χ1v) is 39.8. The molecule has 35 atom stereocenters. The van der Waals surface area contributed by atoms with Crippen molar-refractivity contribution < 1.29 is 200 Å². The Kier molecular flexibility index (Phi) is 39.4. The normalized spacial score (nSPS) is 35.6. The topological polar surface area (TPSA) is 839 Å². The van der Waals surface area contributed by atoms with E-state index in [0.717, 1.165) is 96.9 Å². The van der Waals surface area contributed by atoms with Crippen molar-refractivity contribution in [1.29, 1.82) is 0 Å². The predicted molar refractivity (Wildman–Crippen MR) is 411 cm³/mol. The Balaban J connectivity index is 1.49. The molecule has 63 nitrogen and oxygen atoms in total. The van der Waals surface area contributed by atoms with E-state index in [2.05, 4.69) is 70.2 Å². The van der Waals surface area contributed by atoms with Gasteiger partial charge < -0.3 is 133 Å². The van der Waals surface area contributed by atoms with Crippen molar-refractivity contribution in [2.75, 3.05) is 45.8 Å². The van der Waals surface area contributed by atoms with E-state index in [9.17, 15) is 106 Å². The van der Waals surface area contributed by atoms with Gasteiger partial charge in [0, 0.05) is 131 Å². The SMILES string of the molecule is CC(=O)OC1C2OC(CN=[N+]=[N-])C(OC3OC(CN=[N+]=[N-])C(OC4OC(CN=[N+]=[N-])C(OC5OC(CN=[N+]=[N-])C(OC6OC(CN=[N+]=[N-])C(OC7OC(CN=[N+]=[N-])C(OC8OC(CN=[N+]=[N-])C(O2)C(OC(C)=O)C8OC(C)=O)C(OC(C)=O)C7OC(C)=O)C(OC(C)=O)C6OC(C)=O)C(OC(C)=O)C5OC(C)=O)C(OC(C)=O)C4OC(C)=O)C(OC(C)=O)C3OC(C)=O)C1OC(C)=O. The minimum Gasteiger partial charge on any atom is -0.455 e. The number of carbonyl (C=O) groups is 14. The summed E-state index contributed by atoms with van der Waals surface area (Å²) in [5.41, 5.74) is 70.3. The Morgan fingerprint density at radius 3 is 0.346 bits per heavy atom. The van der Waals surface area contributed by atoms with Gasteiger partial charge in [-0.15, -0.1) is 0 Å². The van der Waals surface area contributed by atoms with Crippen LogP contribution in [0, 0.1) is 0 Å². The van der Waals surface area contributed by atoms with Gasteiger partial charge in [-0.25, -0.2) is 0 Å². The van der Waals surface area contributed by atoms with E-state index < -0.39 is 344 Å². The second kappa shape index (κ2) is 49.6. The van der Waals surface area contributed by atoms with Crippen LogP contribution in [-0.4, -0.2) is 344 Å². The molecule has 21 heterocycles. The van der Waals surface area contributed by atoms with Gasteiger partial charge in [-0.1, -0.05) is 35.8 Å². The molecular weight excluding hydrogens is 1810 g/mol. The number of nitrogens with zero attached hydrogens (tertiary/aromatic N) is 21. The molecule has 0 aliphatic carbocycles. The lowest BCUT2D eigenvalue weighted by molar-refractivity contribution is -0.391. The zero-order valence-corrected chi connectivity index (χ0v) is 72.7. The summed E-state index contributed by atoms with van der Waals surface area (Å²) in [6, 6.07) is 0. The van der Waals surface area contributed by atoms with E-state index in [-0.39, 0.29) is 0 Å². The van der Waals surface area contributed by atoms with Crippen molar-refractivity contribution in [3.8, 4) is 0 Å². The van der Waals surface area contributed by atoms with Crippen molar-refractivity contribution in [2.24, 2.45) is 35.8 Å². The summed E-state index contributed by atoms with van der Waals surface area (Å²) in [5.74, 6) is -18.1. The molecule has 21 aliphatic heterocycles. The Hall–Kier alpha value is -12.8. The Labute approximate surface area is 747 Å². The number of esters is 14. The van der Waals surface area contributed by atoms with Gasteiger partial charge in [-0.3, -0.25) is 67.1 Å². The van der Waals surface area contributed by atoms with Crippen molar-refractivity contribution in [3.05, 3.63) is 73.1 Å². The van der Waals surface area contributed by atoms with Crippen LogP contribution in [0.5, 0.6) is 0 Å². The van der Waals surface area contributed by atoms with Gasteiger partial charge >= 0.3 is 83.6 Å². The van der Waals surface area contributed by atoms with Crippen LogP contribution in [0.25, 0.3) is 73.1 Å². The molecule has 0 spiro atoms. The van der Waals surface area contributed by atoms with Crippen molar-refractivity contribution in [2.45, 2.75) is 312 Å². The van der Waals surface area contributed by atoms with Crippen LogP contribution in [0.1, 0.15) is 96.9 Å². The van der Waals surface area contributed by atoms with Gasteiger partial charge in [0.25, 0.3) is 0 Å². The highest BCUT2D eigenvalue weighted by atomic mass is 16.8. The molecule has 0 amide bonds. The molecule has 21 saturated heterocycles. The quantitative estimate of drug-likeness (QED) is 0.0355. The minimum absolute atomic E-state index is 0.796. The maximum absolute atomic E-state index is 13.8. The predicted octanol–water partition coefficient (Wildman–Crippen LogP) is 1.99. The third kappa shape index (κ3) is 28.6. The summed E-state index contributed by atoms with van der Waals surface area (Å²) >= 11 is 0. The molecule has 14 bridgehead atoms. The van der Waals surface area contributed by atoms with E-state index in [1.807, 2.05) is 0 Å². The number of carbonyl (C=O) groups excluding carboxylic acids is 14. The van der Waals surface area contributed by atoms with Crippen LogP contribution < -0.4 is 0 Å². The van der Waals surface area contributed by atoms with Crippen LogP contribution >= 0.6 is 0 Å². The van der Waals surface area contributed by atoms with Crippen molar-refractivity contribution in [1.82, 2.24) is 0 Å². The molecule has 0 saturated carbocycles. The third-order valence-corrected chi connectivity index (χ3v) is 19.7. The van der Waals surface area contributed by atoms with Crippen LogP contribution in [0.15, 0.2) is 35.8 Å². The Morgan fingerprint density at radius 2 is 0.263 bits per heavy atom. The molecule has 133 heavy (non-hydrogen) atoms. The third-order valence-electron chi connectivity index (χ3n) is 19.7. The molecule has 21 aliphatic rings. The van der Waals surface area contributed by atoms with Crippen LogP contribution in [0.3, 0.4) is 0 Å². The molecule has 21 rings (SSSR count). The summed E-state index contributed by atoms with van der Waals surface area (Å²) in [6.45, 7) is 3.94. The number of rotatable bonds is 28. The van der Waals surface area contributed by atoms with Gasteiger partial charge in [0.2, 0.25) is 0 Å². The number of hydrogen-bond donors (Lipinski definition) is 0. The highest BCUT2D eigenvalue weighted by Gasteiger charge is 2.66.